The van der Waals surface area contributed by atoms with Crippen molar-refractivity contribution in [3.05, 3.63) is 40.8 Å². The van der Waals surface area contributed by atoms with Crippen LogP contribution in [0.15, 0.2) is 30.3 Å². The Balaban J connectivity index is 1.64. The summed E-state index contributed by atoms with van der Waals surface area (Å²) in [4.78, 5) is 32.9. The van der Waals surface area contributed by atoms with Crippen LogP contribution in [0.1, 0.15) is 42.9 Å². The first-order valence-corrected chi connectivity index (χ1v) is 11.4. The molecule has 0 aliphatic rings. The second-order valence-corrected chi connectivity index (χ2v) is 9.04. The van der Waals surface area contributed by atoms with Gasteiger partial charge in [-0.25, -0.2) is 4.98 Å². The first-order valence-electron chi connectivity index (χ1n) is 9.74. The average Bonchev–Trinajstić information content (AvgIpc) is 3.23. The van der Waals surface area contributed by atoms with Crippen LogP contribution in [0.3, 0.4) is 0 Å². The lowest BCUT2D eigenvalue weighted by atomic mass is 10.1. The molecule has 6 nitrogen and oxygen atoms in total. The predicted molar refractivity (Wildman–Crippen MR) is 122 cm³/mol. The van der Waals surface area contributed by atoms with Gasteiger partial charge in [-0.05, 0) is 51.5 Å². The van der Waals surface area contributed by atoms with Gasteiger partial charge in [0, 0.05) is 24.8 Å². The van der Waals surface area contributed by atoms with E-state index in [9.17, 15) is 9.59 Å². The third-order valence-corrected chi connectivity index (χ3v) is 6.58. The Hall–Kier alpha value is -2.45. The number of thiazole rings is 1. The van der Waals surface area contributed by atoms with Gasteiger partial charge in [0.05, 0.1) is 16.0 Å². The zero-order valence-corrected chi connectivity index (χ0v) is 18.7. The van der Waals surface area contributed by atoms with Gasteiger partial charge in [0.25, 0.3) is 5.91 Å². The molecule has 1 aromatic carbocycles. The van der Waals surface area contributed by atoms with Crippen LogP contribution in [0.4, 0.5) is 10.8 Å². The van der Waals surface area contributed by atoms with Crippen LogP contribution in [0.25, 0.3) is 9.53 Å². The molecule has 0 atom stereocenters. The van der Waals surface area contributed by atoms with Crippen molar-refractivity contribution < 1.29 is 9.59 Å². The molecule has 0 radical (unpaired) electrons. The number of thiophene rings is 1. The molecule has 0 fully saturated rings. The zero-order chi connectivity index (χ0) is 21.0. The maximum atomic E-state index is 12.6. The number of carbonyl (C=O) groups excluding carboxylic acids is 2. The van der Waals surface area contributed by atoms with Crippen molar-refractivity contribution in [1.29, 1.82) is 0 Å². The van der Waals surface area contributed by atoms with E-state index in [2.05, 4.69) is 34.4 Å². The molecule has 0 bridgehead atoms. The van der Waals surface area contributed by atoms with Crippen LogP contribution >= 0.6 is 22.7 Å². The van der Waals surface area contributed by atoms with Crippen molar-refractivity contribution in [2.45, 2.75) is 40.2 Å². The molecule has 2 heterocycles. The van der Waals surface area contributed by atoms with Crippen molar-refractivity contribution in [2.24, 2.45) is 0 Å². The Morgan fingerprint density at radius 1 is 1.10 bits per heavy atom. The number of anilines is 2. The van der Waals surface area contributed by atoms with E-state index in [-0.39, 0.29) is 17.9 Å². The summed E-state index contributed by atoms with van der Waals surface area (Å²) in [5, 5.41) is 6.79. The summed E-state index contributed by atoms with van der Waals surface area (Å²) in [6, 6.07) is 9.40. The number of nitrogens with zero attached hydrogens (tertiary/aromatic N) is 2. The van der Waals surface area contributed by atoms with Gasteiger partial charge in [-0.15, -0.1) is 11.3 Å². The molecule has 2 amide bonds. The van der Waals surface area contributed by atoms with Gasteiger partial charge in [-0.3, -0.25) is 9.59 Å². The molecular weight excluding hydrogens is 404 g/mol. The number of rotatable bonds is 8. The first kappa shape index (κ1) is 21.3. The van der Waals surface area contributed by atoms with E-state index in [0.29, 0.717) is 17.0 Å². The van der Waals surface area contributed by atoms with Crippen molar-refractivity contribution in [3.8, 4) is 0 Å². The molecule has 0 saturated carbocycles. The normalized spacial score (nSPS) is 11.1. The summed E-state index contributed by atoms with van der Waals surface area (Å²) in [5.74, 6) is -0.151. The lowest BCUT2D eigenvalue weighted by Crippen LogP contribution is -2.31. The third kappa shape index (κ3) is 5.33. The quantitative estimate of drug-likeness (QED) is 0.551. The van der Waals surface area contributed by atoms with Crippen LogP contribution in [0.2, 0.25) is 0 Å². The van der Waals surface area contributed by atoms with Gasteiger partial charge >= 0.3 is 0 Å². The van der Waals surface area contributed by atoms with Gasteiger partial charge in [-0.1, -0.05) is 23.5 Å². The summed E-state index contributed by atoms with van der Waals surface area (Å²) in [6.07, 6.45) is 0.328. The molecule has 0 spiro atoms. The van der Waals surface area contributed by atoms with E-state index in [1.54, 1.807) is 11.3 Å². The molecule has 0 unspecified atom stereocenters. The third-order valence-electron chi connectivity index (χ3n) is 4.36. The monoisotopic (exact) mass is 430 g/mol. The van der Waals surface area contributed by atoms with E-state index in [0.717, 1.165) is 33.3 Å². The molecule has 0 saturated heterocycles. The fourth-order valence-electron chi connectivity index (χ4n) is 2.92. The molecule has 3 rings (SSSR count). The fraction of sp³-hybridized carbons (Fsp3) is 0.381. The number of fused-ring (bicyclic) bond motifs is 1. The molecule has 0 aliphatic carbocycles. The highest BCUT2D eigenvalue weighted by atomic mass is 32.1. The highest BCUT2D eigenvalue weighted by molar-refractivity contribution is 7.29. The number of carbonyl (C=O) groups is 2. The summed E-state index contributed by atoms with van der Waals surface area (Å²) >= 11 is 3.03. The van der Waals surface area contributed by atoms with Crippen molar-refractivity contribution in [2.75, 3.05) is 23.3 Å². The van der Waals surface area contributed by atoms with E-state index in [1.165, 1.54) is 11.3 Å². The Morgan fingerprint density at radius 3 is 2.38 bits per heavy atom. The Labute approximate surface area is 179 Å². The molecule has 3 aromatic rings. The Morgan fingerprint density at radius 2 is 1.79 bits per heavy atom. The largest absolute Gasteiger partial charge is 0.354 e. The number of hydrogen-bond acceptors (Lipinski definition) is 6. The van der Waals surface area contributed by atoms with Gasteiger partial charge < -0.3 is 15.5 Å². The van der Waals surface area contributed by atoms with Gasteiger partial charge in [-0.2, -0.15) is 0 Å². The number of benzene rings is 1. The highest BCUT2D eigenvalue weighted by Gasteiger charge is 2.16. The Bertz CT molecular complexity index is 956. The van der Waals surface area contributed by atoms with Gasteiger partial charge in [0.15, 0.2) is 5.13 Å². The second-order valence-electron chi connectivity index (χ2n) is 7.00. The smallest absolute Gasteiger partial charge is 0.265 e. The number of nitrogens with one attached hydrogen (secondary N) is 2. The average molecular weight is 431 g/mol. The van der Waals surface area contributed by atoms with E-state index in [4.69, 9.17) is 0 Å². The molecule has 0 aliphatic heterocycles. The number of aromatic nitrogens is 1. The van der Waals surface area contributed by atoms with Crippen LogP contribution in [0.5, 0.6) is 0 Å². The molecule has 29 heavy (non-hydrogen) atoms. The molecule has 2 aromatic heterocycles. The van der Waals surface area contributed by atoms with Gasteiger partial charge in [0.1, 0.15) is 4.83 Å². The maximum absolute atomic E-state index is 12.6. The topological polar surface area (TPSA) is 74.3 Å². The minimum absolute atomic E-state index is 0.00739. The molecular formula is C21H26N4O2S2. The van der Waals surface area contributed by atoms with E-state index in [1.807, 2.05) is 44.2 Å². The SMILES string of the molecule is CCN(CC)c1nc2sc(C(=O)Nc3ccc(CC(=O)NC(C)C)cc3)cc2s1. The Kier molecular flexibility index (Phi) is 6.87. The van der Waals surface area contributed by atoms with Gasteiger partial charge in [0.2, 0.25) is 5.91 Å². The van der Waals surface area contributed by atoms with Crippen LogP contribution in [-0.4, -0.2) is 35.9 Å². The maximum Gasteiger partial charge on any atom is 0.265 e. The lowest BCUT2D eigenvalue weighted by molar-refractivity contribution is -0.120. The first-order chi connectivity index (χ1) is 13.9. The van der Waals surface area contributed by atoms with Crippen molar-refractivity contribution in [1.82, 2.24) is 10.3 Å². The number of hydrogen-bond donors (Lipinski definition) is 2. The number of amides is 2. The van der Waals surface area contributed by atoms with Crippen molar-refractivity contribution in [3.63, 3.8) is 0 Å². The summed E-state index contributed by atoms with van der Waals surface area (Å²) in [5.41, 5.74) is 1.61. The zero-order valence-electron chi connectivity index (χ0n) is 17.1. The summed E-state index contributed by atoms with van der Waals surface area (Å²) < 4.78 is 1.04. The minimum atomic E-state index is -0.144. The standard InChI is InChI=1S/C21H26N4O2S2/c1-5-25(6-2)21-24-20-17(29-21)12-16(28-20)19(27)23-15-9-7-14(8-10-15)11-18(26)22-13(3)4/h7-10,12-13H,5-6,11H2,1-4H3,(H,22,26)(H,23,27). The fourth-order valence-corrected chi connectivity index (χ4v) is 5.16. The highest BCUT2D eigenvalue weighted by Crippen LogP contribution is 2.34. The summed E-state index contributed by atoms with van der Waals surface area (Å²) in [6.45, 7) is 9.93. The molecule has 154 valence electrons. The van der Waals surface area contributed by atoms with Crippen molar-refractivity contribution >= 4 is 54.8 Å². The molecule has 2 N–H and O–H groups in total. The predicted octanol–water partition coefficient (Wildman–Crippen LogP) is 4.52. The minimum Gasteiger partial charge on any atom is -0.354 e. The molecule has 8 heteroatoms. The second kappa shape index (κ2) is 9.37. The van der Waals surface area contributed by atoms with E-state index < -0.39 is 0 Å². The van der Waals surface area contributed by atoms with Crippen LogP contribution < -0.4 is 15.5 Å². The lowest BCUT2D eigenvalue weighted by Gasteiger charge is -2.16. The van der Waals surface area contributed by atoms with Crippen LogP contribution in [0, 0.1) is 0 Å². The van der Waals surface area contributed by atoms with E-state index >= 15 is 0 Å². The summed E-state index contributed by atoms with van der Waals surface area (Å²) in [7, 11) is 0. The van der Waals surface area contributed by atoms with Crippen LogP contribution in [-0.2, 0) is 11.2 Å².